The molecule has 7 nitrogen and oxygen atoms in total. The molecule has 1 amide bonds. The van der Waals surface area contributed by atoms with Crippen LogP contribution in [-0.2, 0) is 11.2 Å². The molecular formula is C22H23N5O2. The van der Waals surface area contributed by atoms with Gasteiger partial charge in [0.05, 0.1) is 19.2 Å². The van der Waals surface area contributed by atoms with Crippen LogP contribution in [0.1, 0.15) is 5.56 Å². The third kappa shape index (κ3) is 4.51. The second-order valence-corrected chi connectivity index (χ2v) is 6.91. The van der Waals surface area contributed by atoms with Crippen molar-refractivity contribution < 1.29 is 9.53 Å². The maximum atomic E-state index is 12.6. The van der Waals surface area contributed by atoms with Gasteiger partial charge in [-0.3, -0.25) is 9.78 Å². The quantitative estimate of drug-likeness (QED) is 0.668. The number of carbonyl (C=O) groups is 1. The molecule has 1 fully saturated rings. The van der Waals surface area contributed by atoms with Crippen molar-refractivity contribution in [2.24, 2.45) is 0 Å². The number of methoxy groups -OCH3 is 1. The Morgan fingerprint density at radius 1 is 0.931 bits per heavy atom. The standard InChI is InChI=1S/C22H23N5O2/c1-29-19-4-2-17(3-5-19)16-22(28)27-14-12-26(13-15-27)21-7-6-20(24-25-21)18-8-10-23-11-9-18/h2-11H,12-16H2,1H3. The van der Waals surface area contributed by atoms with E-state index in [0.717, 1.165) is 41.5 Å². The molecule has 7 heteroatoms. The normalized spacial score (nSPS) is 14.0. The summed E-state index contributed by atoms with van der Waals surface area (Å²) in [5.74, 6) is 1.78. The minimum absolute atomic E-state index is 0.147. The van der Waals surface area contributed by atoms with Crippen LogP contribution in [0.25, 0.3) is 11.3 Å². The predicted molar refractivity (Wildman–Crippen MR) is 111 cm³/mol. The fourth-order valence-electron chi connectivity index (χ4n) is 3.39. The number of ether oxygens (including phenoxy) is 1. The van der Waals surface area contributed by atoms with E-state index in [4.69, 9.17) is 4.74 Å². The van der Waals surface area contributed by atoms with Crippen LogP contribution >= 0.6 is 0 Å². The van der Waals surface area contributed by atoms with Gasteiger partial charge in [0.15, 0.2) is 5.82 Å². The zero-order chi connectivity index (χ0) is 20.1. The number of amides is 1. The smallest absolute Gasteiger partial charge is 0.227 e. The first-order valence-corrected chi connectivity index (χ1v) is 9.63. The van der Waals surface area contributed by atoms with Gasteiger partial charge in [-0.2, -0.15) is 0 Å². The Kier molecular flexibility index (Phi) is 5.65. The summed E-state index contributed by atoms with van der Waals surface area (Å²) in [5.41, 5.74) is 2.81. The molecular weight excluding hydrogens is 366 g/mol. The molecule has 29 heavy (non-hydrogen) atoms. The van der Waals surface area contributed by atoms with Crippen LogP contribution in [0.5, 0.6) is 5.75 Å². The molecule has 1 aliphatic heterocycles. The van der Waals surface area contributed by atoms with E-state index in [1.807, 2.05) is 53.4 Å². The summed E-state index contributed by atoms with van der Waals surface area (Å²) in [7, 11) is 1.64. The number of nitrogens with zero attached hydrogens (tertiary/aromatic N) is 5. The Morgan fingerprint density at radius 2 is 1.66 bits per heavy atom. The summed E-state index contributed by atoms with van der Waals surface area (Å²) in [6.45, 7) is 2.86. The summed E-state index contributed by atoms with van der Waals surface area (Å²) in [6, 6.07) is 15.4. The van der Waals surface area contributed by atoms with Gasteiger partial charge in [0.2, 0.25) is 5.91 Å². The summed E-state index contributed by atoms with van der Waals surface area (Å²) in [4.78, 5) is 20.7. The van der Waals surface area contributed by atoms with Crippen LogP contribution in [0, 0.1) is 0 Å². The van der Waals surface area contributed by atoms with E-state index < -0.39 is 0 Å². The minimum atomic E-state index is 0.147. The molecule has 1 aromatic carbocycles. The molecule has 148 valence electrons. The van der Waals surface area contributed by atoms with Gasteiger partial charge in [0, 0.05) is 44.1 Å². The first kappa shape index (κ1) is 18.9. The van der Waals surface area contributed by atoms with Crippen molar-refractivity contribution in [1.29, 1.82) is 0 Å². The highest BCUT2D eigenvalue weighted by molar-refractivity contribution is 5.79. The number of hydrogen-bond acceptors (Lipinski definition) is 6. The van der Waals surface area contributed by atoms with Crippen molar-refractivity contribution in [2.45, 2.75) is 6.42 Å². The van der Waals surface area contributed by atoms with Crippen molar-refractivity contribution in [2.75, 3.05) is 38.2 Å². The van der Waals surface area contributed by atoms with Gasteiger partial charge >= 0.3 is 0 Å². The molecule has 0 atom stereocenters. The first-order valence-electron chi connectivity index (χ1n) is 9.63. The lowest BCUT2D eigenvalue weighted by Gasteiger charge is -2.35. The molecule has 0 bridgehead atoms. The molecule has 2 aromatic heterocycles. The maximum absolute atomic E-state index is 12.6. The second kappa shape index (κ2) is 8.68. The number of benzene rings is 1. The number of carbonyl (C=O) groups excluding carboxylic acids is 1. The average molecular weight is 389 g/mol. The van der Waals surface area contributed by atoms with Gasteiger partial charge in [0.1, 0.15) is 5.75 Å². The van der Waals surface area contributed by atoms with Crippen LogP contribution < -0.4 is 9.64 Å². The molecule has 1 aliphatic rings. The first-order chi connectivity index (χ1) is 14.2. The van der Waals surface area contributed by atoms with Crippen LogP contribution in [0.3, 0.4) is 0 Å². The van der Waals surface area contributed by atoms with Gasteiger partial charge in [-0.1, -0.05) is 12.1 Å². The highest BCUT2D eigenvalue weighted by Crippen LogP contribution is 2.19. The zero-order valence-corrected chi connectivity index (χ0v) is 16.4. The van der Waals surface area contributed by atoms with Gasteiger partial charge in [0.25, 0.3) is 0 Å². The molecule has 0 radical (unpaired) electrons. The Balaban J connectivity index is 1.32. The Hall–Kier alpha value is -3.48. The van der Waals surface area contributed by atoms with E-state index >= 15 is 0 Å². The lowest BCUT2D eigenvalue weighted by atomic mass is 10.1. The zero-order valence-electron chi connectivity index (χ0n) is 16.4. The van der Waals surface area contributed by atoms with Crippen molar-refractivity contribution in [3.63, 3.8) is 0 Å². The van der Waals surface area contributed by atoms with Crippen molar-refractivity contribution in [3.05, 3.63) is 66.5 Å². The van der Waals surface area contributed by atoms with Gasteiger partial charge in [-0.05, 0) is 42.0 Å². The molecule has 3 aromatic rings. The number of aromatic nitrogens is 3. The number of piperazine rings is 1. The van der Waals surface area contributed by atoms with Gasteiger partial charge in [-0.25, -0.2) is 0 Å². The Bertz CT molecular complexity index is 937. The Labute approximate surface area is 170 Å². The molecule has 3 heterocycles. The third-order valence-corrected chi connectivity index (χ3v) is 5.10. The molecule has 0 spiro atoms. The predicted octanol–water partition coefficient (Wildman–Crippen LogP) is 2.44. The number of rotatable bonds is 5. The van der Waals surface area contributed by atoms with E-state index in [1.54, 1.807) is 19.5 Å². The molecule has 0 N–H and O–H groups in total. The maximum Gasteiger partial charge on any atom is 0.227 e. The van der Waals surface area contributed by atoms with Crippen LogP contribution in [0.4, 0.5) is 5.82 Å². The largest absolute Gasteiger partial charge is 0.497 e. The van der Waals surface area contributed by atoms with Crippen molar-refractivity contribution in [3.8, 4) is 17.0 Å². The molecule has 0 aliphatic carbocycles. The van der Waals surface area contributed by atoms with Crippen molar-refractivity contribution in [1.82, 2.24) is 20.1 Å². The fourth-order valence-corrected chi connectivity index (χ4v) is 3.39. The van der Waals surface area contributed by atoms with E-state index in [0.29, 0.717) is 19.5 Å². The van der Waals surface area contributed by atoms with E-state index in [-0.39, 0.29) is 5.91 Å². The summed E-state index contributed by atoms with van der Waals surface area (Å²) < 4.78 is 5.16. The lowest BCUT2D eigenvalue weighted by molar-refractivity contribution is -0.130. The number of hydrogen-bond donors (Lipinski definition) is 0. The van der Waals surface area contributed by atoms with Gasteiger partial charge < -0.3 is 14.5 Å². The van der Waals surface area contributed by atoms with Crippen LogP contribution in [0.2, 0.25) is 0 Å². The SMILES string of the molecule is COc1ccc(CC(=O)N2CCN(c3ccc(-c4ccncc4)nn3)CC2)cc1. The lowest BCUT2D eigenvalue weighted by Crippen LogP contribution is -2.49. The molecule has 1 saturated heterocycles. The third-order valence-electron chi connectivity index (χ3n) is 5.10. The van der Waals surface area contributed by atoms with E-state index in [1.165, 1.54) is 0 Å². The number of anilines is 1. The molecule has 0 unspecified atom stereocenters. The second-order valence-electron chi connectivity index (χ2n) is 6.91. The van der Waals surface area contributed by atoms with Gasteiger partial charge in [-0.15, -0.1) is 10.2 Å². The topological polar surface area (TPSA) is 71.5 Å². The van der Waals surface area contributed by atoms with E-state index in [9.17, 15) is 4.79 Å². The van der Waals surface area contributed by atoms with Crippen molar-refractivity contribution >= 4 is 11.7 Å². The van der Waals surface area contributed by atoms with Crippen LogP contribution in [-0.4, -0.2) is 59.3 Å². The molecule has 4 rings (SSSR count). The van der Waals surface area contributed by atoms with Crippen LogP contribution in [0.15, 0.2) is 60.9 Å². The minimum Gasteiger partial charge on any atom is -0.497 e. The van der Waals surface area contributed by atoms with E-state index in [2.05, 4.69) is 20.1 Å². The average Bonchev–Trinajstić information content (AvgIpc) is 2.80. The Morgan fingerprint density at radius 3 is 2.28 bits per heavy atom. The summed E-state index contributed by atoms with van der Waals surface area (Å²) >= 11 is 0. The molecule has 0 saturated carbocycles. The summed E-state index contributed by atoms with van der Waals surface area (Å²) in [6.07, 6.45) is 3.89. The fraction of sp³-hybridized carbons (Fsp3) is 0.273. The number of pyridine rings is 1. The summed E-state index contributed by atoms with van der Waals surface area (Å²) in [5, 5.41) is 8.71. The highest BCUT2D eigenvalue weighted by atomic mass is 16.5. The highest BCUT2D eigenvalue weighted by Gasteiger charge is 2.22. The monoisotopic (exact) mass is 389 g/mol.